The van der Waals surface area contributed by atoms with Gasteiger partial charge in [0.1, 0.15) is 12.2 Å². The zero-order valence-corrected chi connectivity index (χ0v) is 26.1. The summed E-state index contributed by atoms with van der Waals surface area (Å²) in [6.45, 7) is 6.01. The molecule has 4 amide bonds. The third-order valence-electron chi connectivity index (χ3n) is 6.93. The molecular weight excluding hydrogens is 632 g/mol. The van der Waals surface area contributed by atoms with Crippen LogP contribution in [0.1, 0.15) is 29.2 Å². The van der Waals surface area contributed by atoms with Gasteiger partial charge in [-0.05, 0) is 89.8 Å². The van der Waals surface area contributed by atoms with E-state index < -0.39 is 17.8 Å². The molecule has 0 N–H and O–H groups in total. The molecular formula is C34H28BrClN2O5. The van der Waals surface area contributed by atoms with Gasteiger partial charge in [0.15, 0.2) is 11.5 Å². The van der Waals surface area contributed by atoms with Crippen LogP contribution in [0.2, 0.25) is 5.02 Å². The monoisotopic (exact) mass is 658 g/mol. The number of rotatable bonds is 8. The number of urea groups is 1. The van der Waals surface area contributed by atoms with Crippen molar-refractivity contribution in [3.05, 3.63) is 122 Å². The second-order valence-corrected chi connectivity index (χ2v) is 11.1. The lowest BCUT2D eigenvalue weighted by molar-refractivity contribution is -0.121. The molecule has 1 saturated heterocycles. The number of amides is 4. The van der Waals surface area contributed by atoms with Gasteiger partial charge in [-0.1, -0.05) is 66.2 Å². The molecule has 0 radical (unpaired) electrons. The van der Waals surface area contributed by atoms with Crippen LogP contribution in [0, 0.1) is 13.8 Å². The van der Waals surface area contributed by atoms with Gasteiger partial charge >= 0.3 is 6.03 Å². The summed E-state index contributed by atoms with van der Waals surface area (Å²) in [6, 6.07) is 24.2. The minimum Gasteiger partial charge on any atom is -0.490 e. The Labute approximate surface area is 263 Å². The first-order chi connectivity index (χ1) is 20.7. The molecule has 0 unspecified atom stereocenters. The van der Waals surface area contributed by atoms with Crippen molar-refractivity contribution in [1.29, 1.82) is 0 Å². The lowest BCUT2D eigenvalue weighted by Gasteiger charge is -2.35. The van der Waals surface area contributed by atoms with Gasteiger partial charge in [0.05, 0.1) is 22.5 Å². The molecule has 0 atom stereocenters. The third-order valence-corrected chi connectivity index (χ3v) is 7.89. The molecule has 0 spiro atoms. The van der Waals surface area contributed by atoms with Crippen LogP contribution in [0.15, 0.2) is 95.0 Å². The van der Waals surface area contributed by atoms with E-state index in [2.05, 4.69) is 15.9 Å². The van der Waals surface area contributed by atoms with Crippen LogP contribution in [-0.4, -0.2) is 24.5 Å². The van der Waals surface area contributed by atoms with E-state index >= 15 is 0 Å². The number of ether oxygens (including phenoxy) is 2. The zero-order valence-electron chi connectivity index (χ0n) is 23.8. The predicted octanol–water partition coefficient (Wildman–Crippen LogP) is 8.28. The van der Waals surface area contributed by atoms with E-state index in [1.165, 1.54) is 6.08 Å². The predicted molar refractivity (Wildman–Crippen MR) is 172 cm³/mol. The van der Waals surface area contributed by atoms with Crippen LogP contribution < -0.4 is 19.3 Å². The standard InChI is InChI=1S/C34H28BrClN2O5/c1-4-42-30-19-23(18-26(35)31(30)43-20-24-13-7-8-14-27(24)36)17-25-32(39)37(28-15-9-5-11-21(28)2)34(41)38(33(25)40)29-16-10-6-12-22(29)3/h5-19H,4,20H2,1-3H3. The normalized spacial score (nSPS) is 13.4. The van der Waals surface area contributed by atoms with Crippen molar-refractivity contribution < 1.29 is 23.9 Å². The largest absolute Gasteiger partial charge is 0.490 e. The van der Waals surface area contributed by atoms with Gasteiger partial charge in [-0.2, -0.15) is 0 Å². The number of carbonyl (C=O) groups is 3. The molecule has 0 aromatic heterocycles. The Kier molecular flexibility index (Phi) is 8.99. The molecule has 4 aromatic rings. The molecule has 7 nitrogen and oxygen atoms in total. The molecule has 1 fully saturated rings. The van der Waals surface area contributed by atoms with E-state index in [-0.39, 0.29) is 12.2 Å². The highest BCUT2D eigenvalue weighted by Crippen LogP contribution is 2.39. The van der Waals surface area contributed by atoms with Gasteiger partial charge in [0, 0.05) is 10.6 Å². The van der Waals surface area contributed by atoms with Crippen molar-refractivity contribution in [2.45, 2.75) is 27.4 Å². The SMILES string of the molecule is CCOc1cc(C=C2C(=O)N(c3ccccc3C)C(=O)N(c3ccccc3C)C2=O)cc(Br)c1OCc1ccccc1Cl. The number of halogens is 2. The molecule has 1 aliphatic rings. The minimum atomic E-state index is -0.741. The molecule has 218 valence electrons. The van der Waals surface area contributed by atoms with Crippen LogP contribution in [0.4, 0.5) is 16.2 Å². The molecule has 0 saturated carbocycles. The Hall–Kier alpha value is -4.40. The first-order valence-corrected chi connectivity index (χ1v) is 14.8. The first-order valence-electron chi connectivity index (χ1n) is 13.6. The van der Waals surface area contributed by atoms with E-state index in [4.69, 9.17) is 21.1 Å². The quantitative estimate of drug-likeness (QED) is 0.141. The average molecular weight is 660 g/mol. The van der Waals surface area contributed by atoms with Crippen LogP contribution >= 0.6 is 27.5 Å². The molecule has 9 heteroatoms. The Morgan fingerprint density at radius 2 is 1.35 bits per heavy atom. The number of imide groups is 2. The number of carbonyl (C=O) groups excluding carboxylic acids is 3. The van der Waals surface area contributed by atoms with Gasteiger partial charge < -0.3 is 9.47 Å². The summed E-state index contributed by atoms with van der Waals surface area (Å²) in [5.74, 6) is -0.581. The number of aryl methyl sites for hydroxylation is 2. The van der Waals surface area contributed by atoms with Crippen LogP contribution in [0.5, 0.6) is 11.5 Å². The summed E-state index contributed by atoms with van der Waals surface area (Å²) in [5, 5.41) is 0.582. The first kappa shape index (κ1) is 30.1. The highest BCUT2D eigenvalue weighted by Gasteiger charge is 2.44. The third kappa shape index (κ3) is 6.07. The van der Waals surface area contributed by atoms with Gasteiger partial charge in [0.2, 0.25) is 0 Å². The average Bonchev–Trinajstić information content (AvgIpc) is 2.98. The number of anilines is 2. The molecule has 0 aliphatic carbocycles. The maximum absolute atomic E-state index is 13.9. The number of hydrogen-bond donors (Lipinski definition) is 0. The maximum atomic E-state index is 13.9. The lowest BCUT2D eigenvalue weighted by atomic mass is 10.0. The maximum Gasteiger partial charge on any atom is 0.343 e. The molecule has 1 aliphatic heterocycles. The summed E-state index contributed by atoms with van der Waals surface area (Å²) in [7, 11) is 0. The Morgan fingerprint density at radius 1 is 0.791 bits per heavy atom. The second-order valence-electron chi connectivity index (χ2n) is 9.84. The summed E-state index contributed by atoms with van der Waals surface area (Å²) < 4.78 is 12.5. The lowest BCUT2D eigenvalue weighted by Crippen LogP contribution is -2.57. The molecule has 1 heterocycles. The topological polar surface area (TPSA) is 76.2 Å². The van der Waals surface area contributed by atoms with E-state index in [0.717, 1.165) is 15.4 Å². The highest BCUT2D eigenvalue weighted by atomic mass is 79.9. The van der Waals surface area contributed by atoms with Crippen molar-refractivity contribution in [2.75, 3.05) is 16.4 Å². The number of benzene rings is 4. The van der Waals surface area contributed by atoms with Crippen LogP contribution in [-0.2, 0) is 16.2 Å². The van der Waals surface area contributed by atoms with E-state index in [1.807, 2.05) is 37.3 Å². The van der Waals surface area contributed by atoms with Crippen LogP contribution in [0.3, 0.4) is 0 Å². The zero-order chi connectivity index (χ0) is 30.7. The van der Waals surface area contributed by atoms with Gasteiger partial charge in [-0.25, -0.2) is 14.6 Å². The fourth-order valence-electron chi connectivity index (χ4n) is 4.79. The number of barbiturate groups is 1. The Morgan fingerprint density at radius 3 is 1.91 bits per heavy atom. The van der Waals surface area contributed by atoms with Gasteiger partial charge in [0.25, 0.3) is 11.8 Å². The molecule has 43 heavy (non-hydrogen) atoms. The van der Waals surface area contributed by atoms with Crippen LogP contribution in [0.25, 0.3) is 6.08 Å². The van der Waals surface area contributed by atoms with E-state index in [1.54, 1.807) is 68.4 Å². The fourth-order valence-corrected chi connectivity index (χ4v) is 5.55. The van der Waals surface area contributed by atoms with Crippen molar-refractivity contribution in [2.24, 2.45) is 0 Å². The van der Waals surface area contributed by atoms with Gasteiger partial charge in [-0.15, -0.1) is 0 Å². The van der Waals surface area contributed by atoms with Gasteiger partial charge in [-0.3, -0.25) is 9.59 Å². The van der Waals surface area contributed by atoms with Crippen molar-refractivity contribution in [3.63, 3.8) is 0 Å². The number of para-hydroxylation sites is 2. The second kappa shape index (κ2) is 12.9. The fraction of sp³-hybridized carbons (Fsp3) is 0.147. The highest BCUT2D eigenvalue weighted by molar-refractivity contribution is 9.10. The van der Waals surface area contributed by atoms with Crippen molar-refractivity contribution in [3.8, 4) is 11.5 Å². The van der Waals surface area contributed by atoms with Crippen molar-refractivity contribution >= 4 is 62.8 Å². The summed E-state index contributed by atoms with van der Waals surface area (Å²) in [6.07, 6.45) is 1.47. The van der Waals surface area contributed by atoms with E-state index in [0.29, 0.717) is 55.7 Å². The summed E-state index contributed by atoms with van der Waals surface area (Å²) >= 11 is 9.88. The van der Waals surface area contributed by atoms with Crippen molar-refractivity contribution in [1.82, 2.24) is 0 Å². The van der Waals surface area contributed by atoms with E-state index in [9.17, 15) is 14.4 Å². The minimum absolute atomic E-state index is 0.176. The number of hydrogen-bond acceptors (Lipinski definition) is 5. The summed E-state index contributed by atoms with van der Waals surface area (Å²) in [5.41, 5.74) is 3.35. The Balaban J connectivity index is 1.59. The number of nitrogens with zero attached hydrogens (tertiary/aromatic N) is 2. The smallest absolute Gasteiger partial charge is 0.343 e. The molecule has 5 rings (SSSR count). The Bertz CT molecular complexity index is 1700. The summed E-state index contributed by atoms with van der Waals surface area (Å²) in [4.78, 5) is 43.8. The molecule has 4 aromatic carbocycles. The molecule has 0 bridgehead atoms.